The molecule has 0 bridgehead atoms. The summed E-state index contributed by atoms with van der Waals surface area (Å²) < 4.78 is 0. The normalized spacial score (nSPS) is 12.4. The molecule has 2 nitrogen and oxygen atoms in total. The van der Waals surface area contributed by atoms with E-state index >= 15 is 0 Å². The molecule has 0 radical (unpaired) electrons. The molecule has 78 valence electrons. The van der Waals surface area contributed by atoms with Crippen LogP contribution < -0.4 is 5.32 Å². The summed E-state index contributed by atoms with van der Waals surface area (Å²) in [5.74, 6) is 0.993. The third kappa shape index (κ3) is 4.11. The van der Waals surface area contributed by atoms with E-state index in [4.69, 9.17) is 11.6 Å². The summed E-state index contributed by atoms with van der Waals surface area (Å²) in [7, 11) is 0. The number of alkyl halides is 1. The molecule has 0 fully saturated rings. The monoisotopic (exact) mass is 231 g/mol. The van der Waals surface area contributed by atoms with Crippen molar-refractivity contribution in [1.29, 1.82) is 0 Å². The van der Waals surface area contributed by atoms with Crippen molar-refractivity contribution in [1.82, 2.24) is 5.32 Å². The number of hydrogen-bond donors (Lipinski definition) is 1. The van der Waals surface area contributed by atoms with Gasteiger partial charge in [0, 0.05) is 17.3 Å². The van der Waals surface area contributed by atoms with E-state index in [1.807, 2.05) is 24.4 Å². The molecule has 0 spiro atoms. The first-order chi connectivity index (χ1) is 6.72. The van der Waals surface area contributed by atoms with Gasteiger partial charge >= 0.3 is 0 Å². The lowest BCUT2D eigenvalue weighted by molar-refractivity contribution is -0.120. The molecule has 1 aromatic rings. The van der Waals surface area contributed by atoms with Crippen molar-refractivity contribution in [2.75, 3.05) is 12.4 Å². The maximum absolute atomic E-state index is 11.4. The summed E-state index contributed by atoms with van der Waals surface area (Å²) in [4.78, 5) is 12.5. The van der Waals surface area contributed by atoms with Gasteiger partial charge in [0.25, 0.3) is 0 Å². The van der Waals surface area contributed by atoms with E-state index in [1.54, 1.807) is 11.3 Å². The maximum Gasteiger partial charge on any atom is 0.225 e. The molecular weight excluding hydrogens is 218 g/mol. The van der Waals surface area contributed by atoms with Gasteiger partial charge in [-0.25, -0.2) is 0 Å². The molecule has 0 aliphatic carbocycles. The summed E-state index contributed by atoms with van der Waals surface area (Å²) in [5.41, 5.74) is 0. The average molecular weight is 232 g/mol. The van der Waals surface area contributed by atoms with Crippen LogP contribution in [0, 0.1) is 5.92 Å². The van der Waals surface area contributed by atoms with Crippen LogP contribution in [0.4, 0.5) is 0 Å². The molecule has 4 heteroatoms. The Morgan fingerprint density at radius 3 is 3.07 bits per heavy atom. The van der Waals surface area contributed by atoms with Crippen molar-refractivity contribution in [3.63, 3.8) is 0 Å². The molecule has 1 unspecified atom stereocenters. The van der Waals surface area contributed by atoms with Crippen LogP contribution in [-0.2, 0) is 11.2 Å². The lowest BCUT2D eigenvalue weighted by Gasteiger charge is -2.08. The second-order valence-corrected chi connectivity index (χ2v) is 4.66. The molecule has 0 aliphatic rings. The van der Waals surface area contributed by atoms with E-state index in [9.17, 15) is 4.79 Å². The maximum atomic E-state index is 11.4. The fraction of sp³-hybridized carbons (Fsp3) is 0.500. The summed E-state index contributed by atoms with van der Waals surface area (Å²) >= 11 is 7.23. The van der Waals surface area contributed by atoms with Crippen LogP contribution in [0.3, 0.4) is 0 Å². The fourth-order valence-electron chi connectivity index (χ4n) is 0.977. The zero-order valence-electron chi connectivity index (χ0n) is 8.13. The molecule has 1 atom stereocenters. The number of halogens is 1. The lowest BCUT2D eigenvalue weighted by atomic mass is 10.2. The first kappa shape index (κ1) is 11.5. The Morgan fingerprint density at radius 2 is 2.50 bits per heavy atom. The predicted molar refractivity (Wildman–Crippen MR) is 60.9 cm³/mol. The van der Waals surface area contributed by atoms with E-state index in [0.29, 0.717) is 24.8 Å². The highest BCUT2D eigenvalue weighted by atomic mass is 35.5. The van der Waals surface area contributed by atoms with E-state index in [0.717, 1.165) is 4.88 Å². The largest absolute Gasteiger partial charge is 0.355 e. The fourth-order valence-corrected chi connectivity index (χ4v) is 1.79. The van der Waals surface area contributed by atoms with Gasteiger partial charge < -0.3 is 5.32 Å². The van der Waals surface area contributed by atoms with Gasteiger partial charge in [-0.3, -0.25) is 4.79 Å². The van der Waals surface area contributed by atoms with Gasteiger partial charge in [0.05, 0.1) is 6.42 Å². The number of rotatable bonds is 5. The van der Waals surface area contributed by atoms with E-state index in [2.05, 4.69) is 5.32 Å². The van der Waals surface area contributed by atoms with Gasteiger partial charge in [0.1, 0.15) is 0 Å². The first-order valence-corrected chi connectivity index (χ1v) is 5.99. The van der Waals surface area contributed by atoms with Crippen molar-refractivity contribution in [3.05, 3.63) is 22.4 Å². The van der Waals surface area contributed by atoms with E-state index in [1.165, 1.54) is 0 Å². The molecule has 0 saturated heterocycles. The van der Waals surface area contributed by atoms with Crippen LogP contribution in [-0.4, -0.2) is 18.3 Å². The highest BCUT2D eigenvalue weighted by molar-refractivity contribution is 7.10. The number of nitrogens with one attached hydrogen (secondary N) is 1. The molecule has 1 heterocycles. The molecular formula is C10H14ClNOS. The topological polar surface area (TPSA) is 29.1 Å². The van der Waals surface area contributed by atoms with Crippen molar-refractivity contribution < 1.29 is 4.79 Å². The minimum Gasteiger partial charge on any atom is -0.355 e. The van der Waals surface area contributed by atoms with Crippen molar-refractivity contribution in [3.8, 4) is 0 Å². The SMILES string of the molecule is CC(CCl)CNC(=O)Cc1cccs1. The van der Waals surface area contributed by atoms with Crippen LogP contribution in [0.25, 0.3) is 0 Å². The number of thiophene rings is 1. The first-order valence-electron chi connectivity index (χ1n) is 4.57. The molecule has 0 aliphatic heterocycles. The zero-order chi connectivity index (χ0) is 10.4. The summed E-state index contributed by atoms with van der Waals surface area (Å²) in [6.45, 7) is 2.67. The molecule has 1 rings (SSSR count). The van der Waals surface area contributed by atoms with Crippen molar-refractivity contribution in [2.45, 2.75) is 13.3 Å². The van der Waals surface area contributed by atoms with E-state index < -0.39 is 0 Å². The Kier molecular flexibility index (Phi) is 4.98. The van der Waals surface area contributed by atoms with Gasteiger partial charge in [0.2, 0.25) is 5.91 Å². The standard InChI is InChI=1S/C10H14ClNOS/c1-8(6-11)7-12-10(13)5-9-3-2-4-14-9/h2-4,8H,5-7H2,1H3,(H,12,13). The van der Waals surface area contributed by atoms with Crippen molar-refractivity contribution in [2.24, 2.45) is 5.92 Å². The van der Waals surface area contributed by atoms with Gasteiger partial charge in [0.15, 0.2) is 0 Å². The summed E-state index contributed by atoms with van der Waals surface area (Å²) in [6, 6.07) is 3.92. The second kappa shape index (κ2) is 6.04. The van der Waals surface area contributed by atoms with Gasteiger partial charge in [-0.05, 0) is 17.4 Å². The molecule has 1 N–H and O–H groups in total. The molecule has 0 saturated carbocycles. The number of hydrogen-bond acceptors (Lipinski definition) is 2. The third-order valence-electron chi connectivity index (χ3n) is 1.83. The van der Waals surface area contributed by atoms with Crippen LogP contribution in [0.2, 0.25) is 0 Å². The summed E-state index contributed by atoms with van der Waals surface area (Å²) in [5, 5.41) is 4.83. The Bertz CT molecular complexity index is 274. The number of carbonyl (C=O) groups is 1. The highest BCUT2D eigenvalue weighted by Crippen LogP contribution is 2.08. The molecule has 1 aromatic heterocycles. The highest BCUT2D eigenvalue weighted by Gasteiger charge is 2.05. The minimum absolute atomic E-state index is 0.0735. The quantitative estimate of drug-likeness (QED) is 0.775. The van der Waals surface area contributed by atoms with Crippen LogP contribution >= 0.6 is 22.9 Å². The number of amides is 1. The van der Waals surface area contributed by atoms with Gasteiger partial charge in [-0.1, -0.05) is 13.0 Å². The van der Waals surface area contributed by atoms with Crippen LogP contribution in [0.5, 0.6) is 0 Å². The molecule has 0 aromatic carbocycles. The Balaban J connectivity index is 2.23. The predicted octanol–water partition coefficient (Wildman–Crippen LogP) is 2.28. The Morgan fingerprint density at radius 1 is 1.71 bits per heavy atom. The molecule has 1 amide bonds. The van der Waals surface area contributed by atoms with E-state index in [-0.39, 0.29) is 5.91 Å². The molecule has 14 heavy (non-hydrogen) atoms. The smallest absolute Gasteiger partial charge is 0.225 e. The Labute approximate surface area is 93.3 Å². The number of carbonyl (C=O) groups excluding carboxylic acids is 1. The van der Waals surface area contributed by atoms with Crippen LogP contribution in [0.1, 0.15) is 11.8 Å². The summed E-state index contributed by atoms with van der Waals surface area (Å²) in [6.07, 6.45) is 0.479. The lowest BCUT2D eigenvalue weighted by Crippen LogP contribution is -2.29. The van der Waals surface area contributed by atoms with Gasteiger partial charge in [-0.15, -0.1) is 22.9 Å². The van der Waals surface area contributed by atoms with Gasteiger partial charge in [-0.2, -0.15) is 0 Å². The van der Waals surface area contributed by atoms with Crippen molar-refractivity contribution >= 4 is 28.8 Å². The third-order valence-corrected chi connectivity index (χ3v) is 3.23. The Hall–Kier alpha value is -0.540. The zero-order valence-corrected chi connectivity index (χ0v) is 9.70. The minimum atomic E-state index is 0.0735. The second-order valence-electron chi connectivity index (χ2n) is 3.32. The average Bonchev–Trinajstić information content (AvgIpc) is 2.66. The van der Waals surface area contributed by atoms with Crippen LogP contribution in [0.15, 0.2) is 17.5 Å².